The van der Waals surface area contributed by atoms with Crippen molar-refractivity contribution in [3.05, 3.63) is 60.0 Å². The summed E-state index contributed by atoms with van der Waals surface area (Å²) in [5, 5.41) is 6.75. The second-order valence-electron chi connectivity index (χ2n) is 7.35. The van der Waals surface area contributed by atoms with Crippen LogP contribution in [0.3, 0.4) is 0 Å². The van der Waals surface area contributed by atoms with E-state index in [1.54, 1.807) is 12.3 Å². The highest BCUT2D eigenvalue weighted by Crippen LogP contribution is 2.20. The Morgan fingerprint density at radius 3 is 2.84 bits per heavy atom. The lowest BCUT2D eigenvalue weighted by molar-refractivity contribution is 0.136. The van der Waals surface area contributed by atoms with Crippen LogP contribution >= 0.6 is 24.0 Å². The largest absolute Gasteiger partial charge is 0.381 e. The third kappa shape index (κ3) is 8.60. The molecule has 31 heavy (non-hydrogen) atoms. The van der Waals surface area contributed by atoms with Crippen LogP contribution < -0.4 is 15.5 Å². The van der Waals surface area contributed by atoms with E-state index in [0.717, 1.165) is 44.9 Å². The first-order chi connectivity index (χ1) is 14.8. The SMILES string of the molecule is CCNC(=NCCCOCCc1ccccc1)NC1CCN(c2ncccc2F)C1.I. The van der Waals surface area contributed by atoms with E-state index in [9.17, 15) is 4.39 Å². The molecular formula is C23H33FIN5O. The molecule has 3 rings (SSSR count). The summed E-state index contributed by atoms with van der Waals surface area (Å²) in [4.78, 5) is 10.8. The van der Waals surface area contributed by atoms with E-state index in [0.29, 0.717) is 25.5 Å². The number of pyridine rings is 1. The number of aromatic nitrogens is 1. The summed E-state index contributed by atoms with van der Waals surface area (Å²) in [5.74, 6) is 0.956. The van der Waals surface area contributed by atoms with E-state index < -0.39 is 0 Å². The molecule has 2 heterocycles. The molecule has 1 aliphatic rings. The minimum atomic E-state index is -0.272. The highest BCUT2D eigenvalue weighted by molar-refractivity contribution is 14.0. The highest BCUT2D eigenvalue weighted by atomic mass is 127. The number of guanidine groups is 1. The van der Waals surface area contributed by atoms with Crippen molar-refractivity contribution in [1.82, 2.24) is 15.6 Å². The minimum absolute atomic E-state index is 0. The number of ether oxygens (including phenoxy) is 1. The molecule has 2 aromatic rings. The molecule has 1 aromatic carbocycles. The van der Waals surface area contributed by atoms with Gasteiger partial charge in [0.05, 0.1) is 6.61 Å². The number of hydrogen-bond donors (Lipinski definition) is 2. The minimum Gasteiger partial charge on any atom is -0.381 e. The molecule has 0 amide bonds. The molecule has 1 aliphatic heterocycles. The molecule has 0 aliphatic carbocycles. The summed E-state index contributed by atoms with van der Waals surface area (Å²) < 4.78 is 19.7. The van der Waals surface area contributed by atoms with Crippen molar-refractivity contribution in [3.8, 4) is 0 Å². The van der Waals surface area contributed by atoms with Crippen molar-refractivity contribution in [1.29, 1.82) is 0 Å². The molecule has 0 saturated carbocycles. The lowest BCUT2D eigenvalue weighted by Gasteiger charge is -2.20. The second-order valence-corrected chi connectivity index (χ2v) is 7.35. The molecule has 0 spiro atoms. The van der Waals surface area contributed by atoms with Crippen LogP contribution in [0, 0.1) is 5.82 Å². The Kier molecular flexibility index (Phi) is 11.6. The average Bonchev–Trinajstić information content (AvgIpc) is 3.22. The normalized spacial score (nSPS) is 16.1. The van der Waals surface area contributed by atoms with E-state index in [1.165, 1.54) is 11.6 Å². The maximum absolute atomic E-state index is 14.0. The van der Waals surface area contributed by atoms with Gasteiger partial charge in [0.2, 0.25) is 0 Å². The quantitative estimate of drug-likeness (QED) is 0.208. The van der Waals surface area contributed by atoms with Gasteiger partial charge in [-0.3, -0.25) is 4.99 Å². The molecule has 2 N–H and O–H groups in total. The van der Waals surface area contributed by atoms with E-state index in [-0.39, 0.29) is 35.8 Å². The van der Waals surface area contributed by atoms with Crippen LogP contribution in [-0.2, 0) is 11.2 Å². The number of nitrogens with zero attached hydrogens (tertiary/aromatic N) is 3. The molecule has 8 heteroatoms. The predicted octanol–water partition coefficient (Wildman–Crippen LogP) is 3.62. The summed E-state index contributed by atoms with van der Waals surface area (Å²) in [5.41, 5.74) is 1.30. The van der Waals surface area contributed by atoms with Crippen LogP contribution in [0.5, 0.6) is 0 Å². The molecule has 0 radical (unpaired) electrons. The fraction of sp³-hybridized carbons (Fsp3) is 0.478. The maximum Gasteiger partial charge on any atom is 0.191 e. The zero-order chi connectivity index (χ0) is 21.0. The topological polar surface area (TPSA) is 61.8 Å². The third-order valence-electron chi connectivity index (χ3n) is 5.01. The van der Waals surface area contributed by atoms with Gasteiger partial charge in [-0.15, -0.1) is 24.0 Å². The standard InChI is InChI=1S/C23H32FN5O.HI/c1-2-25-23(27-14-7-16-30-17-12-19-8-4-3-5-9-19)28-20-11-15-29(18-20)22-21(24)10-6-13-26-22;/h3-6,8-10,13,20H,2,7,11-12,14-18H2,1H3,(H2,25,27,28);1H. The fourth-order valence-electron chi connectivity index (χ4n) is 3.49. The van der Waals surface area contributed by atoms with Crippen molar-refractivity contribution in [2.75, 3.05) is 44.3 Å². The molecule has 0 bridgehead atoms. The van der Waals surface area contributed by atoms with Crippen molar-refractivity contribution < 1.29 is 9.13 Å². The van der Waals surface area contributed by atoms with Crippen LogP contribution in [0.2, 0.25) is 0 Å². The van der Waals surface area contributed by atoms with E-state index in [1.807, 2.05) is 17.9 Å². The van der Waals surface area contributed by atoms with Gasteiger partial charge in [-0.05, 0) is 43.9 Å². The van der Waals surface area contributed by atoms with Crippen LogP contribution in [-0.4, -0.2) is 56.4 Å². The Morgan fingerprint density at radius 1 is 1.23 bits per heavy atom. The van der Waals surface area contributed by atoms with Crippen LogP contribution in [0.25, 0.3) is 0 Å². The van der Waals surface area contributed by atoms with Crippen molar-refractivity contribution in [3.63, 3.8) is 0 Å². The first kappa shape index (κ1) is 25.3. The van der Waals surface area contributed by atoms with Crippen molar-refractivity contribution in [2.45, 2.75) is 32.2 Å². The summed E-state index contributed by atoms with van der Waals surface area (Å²) in [6.45, 7) is 6.46. The Hall–Kier alpha value is -1.94. The van der Waals surface area contributed by atoms with Gasteiger partial charge in [0, 0.05) is 45.0 Å². The summed E-state index contributed by atoms with van der Waals surface area (Å²) in [7, 11) is 0. The summed E-state index contributed by atoms with van der Waals surface area (Å²) in [6.07, 6.45) is 4.36. The molecule has 1 aromatic heterocycles. The molecule has 170 valence electrons. The number of hydrogen-bond acceptors (Lipinski definition) is 4. The highest BCUT2D eigenvalue weighted by Gasteiger charge is 2.25. The Morgan fingerprint density at radius 2 is 2.06 bits per heavy atom. The first-order valence-electron chi connectivity index (χ1n) is 10.8. The van der Waals surface area contributed by atoms with Gasteiger partial charge in [0.25, 0.3) is 0 Å². The zero-order valence-corrected chi connectivity index (χ0v) is 20.4. The Labute approximate surface area is 201 Å². The van der Waals surface area contributed by atoms with Gasteiger partial charge >= 0.3 is 0 Å². The molecule has 6 nitrogen and oxygen atoms in total. The Balaban J connectivity index is 0.00000341. The molecular weight excluding hydrogens is 508 g/mol. The van der Waals surface area contributed by atoms with Gasteiger partial charge in [-0.2, -0.15) is 0 Å². The number of rotatable bonds is 10. The number of halogens is 2. The van der Waals surface area contributed by atoms with Gasteiger partial charge in [0.1, 0.15) is 0 Å². The summed E-state index contributed by atoms with van der Waals surface area (Å²) >= 11 is 0. The zero-order valence-electron chi connectivity index (χ0n) is 18.1. The molecule has 1 fully saturated rings. The van der Waals surface area contributed by atoms with Gasteiger partial charge < -0.3 is 20.3 Å². The molecule has 1 saturated heterocycles. The number of benzene rings is 1. The first-order valence-corrected chi connectivity index (χ1v) is 10.8. The van der Waals surface area contributed by atoms with E-state index >= 15 is 0 Å². The van der Waals surface area contributed by atoms with E-state index in [4.69, 9.17) is 4.74 Å². The molecule has 1 atom stereocenters. The van der Waals surface area contributed by atoms with Crippen LogP contribution in [0.15, 0.2) is 53.7 Å². The van der Waals surface area contributed by atoms with Crippen molar-refractivity contribution in [2.24, 2.45) is 4.99 Å². The predicted molar refractivity (Wildman–Crippen MR) is 135 cm³/mol. The number of anilines is 1. The average molecular weight is 541 g/mol. The van der Waals surface area contributed by atoms with Gasteiger partial charge in [-0.25, -0.2) is 9.37 Å². The summed E-state index contributed by atoms with van der Waals surface area (Å²) in [6, 6.07) is 13.7. The fourth-order valence-corrected chi connectivity index (χ4v) is 3.49. The van der Waals surface area contributed by atoms with E-state index in [2.05, 4.69) is 44.9 Å². The Bertz CT molecular complexity index is 793. The van der Waals surface area contributed by atoms with Crippen LogP contribution in [0.1, 0.15) is 25.3 Å². The maximum atomic E-state index is 14.0. The third-order valence-corrected chi connectivity index (χ3v) is 5.01. The van der Waals surface area contributed by atoms with Gasteiger partial charge in [0.15, 0.2) is 17.6 Å². The lowest BCUT2D eigenvalue weighted by Crippen LogP contribution is -2.44. The second kappa shape index (κ2) is 14.2. The number of aliphatic imine (C=N–C) groups is 1. The lowest BCUT2D eigenvalue weighted by atomic mass is 10.2. The number of nitrogens with one attached hydrogen (secondary N) is 2. The monoisotopic (exact) mass is 541 g/mol. The van der Waals surface area contributed by atoms with Gasteiger partial charge in [-0.1, -0.05) is 30.3 Å². The van der Waals surface area contributed by atoms with Crippen molar-refractivity contribution >= 4 is 35.8 Å². The smallest absolute Gasteiger partial charge is 0.191 e. The van der Waals surface area contributed by atoms with Crippen LogP contribution in [0.4, 0.5) is 10.2 Å². The molecule has 1 unspecified atom stereocenters.